The van der Waals surface area contributed by atoms with Crippen molar-refractivity contribution < 1.29 is 37.8 Å². The highest BCUT2D eigenvalue weighted by Gasteiger charge is 2.44. The van der Waals surface area contributed by atoms with Gasteiger partial charge in [-0.05, 0) is 62.3 Å². The number of hydrogen-bond donors (Lipinski definition) is 2. The summed E-state index contributed by atoms with van der Waals surface area (Å²) in [6.07, 6.45) is 0.733. The van der Waals surface area contributed by atoms with Crippen molar-refractivity contribution in [2.45, 2.75) is 101 Å². The van der Waals surface area contributed by atoms with Crippen molar-refractivity contribution in [1.29, 1.82) is 0 Å². The third-order valence-corrected chi connectivity index (χ3v) is 9.37. The van der Waals surface area contributed by atoms with Gasteiger partial charge in [0.05, 0.1) is 17.9 Å². The van der Waals surface area contributed by atoms with E-state index < -0.39 is 47.7 Å². The molecule has 2 saturated heterocycles. The molecule has 1 aromatic rings. The predicted molar refractivity (Wildman–Crippen MR) is 164 cm³/mol. The Kier molecular flexibility index (Phi) is 13.3. The van der Waals surface area contributed by atoms with E-state index >= 15 is 0 Å². The van der Waals surface area contributed by atoms with E-state index in [0.717, 1.165) is 10.5 Å². The molecule has 2 amide bonds. The molecule has 0 aliphatic carbocycles. The summed E-state index contributed by atoms with van der Waals surface area (Å²) in [4.78, 5) is 46.1. The molecular weight excluding hydrogens is 595 g/mol. The van der Waals surface area contributed by atoms with Gasteiger partial charge < -0.3 is 20.0 Å². The number of nitrogens with zero attached hydrogens (tertiary/aromatic N) is 3. The van der Waals surface area contributed by atoms with Crippen LogP contribution >= 0.6 is 11.8 Å². The summed E-state index contributed by atoms with van der Waals surface area (Å²) in [5.74, 6) is -1.71. The topological polar surface area (TPSA) is 111 Å². The first-order valence-corrected chi connectivity index (χ1v) is 16.4. The second-order valence-corrected chi connectivity index (χ2v) is 12.6. The Balaban J connectivity index is 1.74. The van der Waals surface area contributed by atoms with Crippen LogP contribution in [0.5, 0.6) is 0 Å². The van der Waals surface area contributed by atoms with Gasteiger partial charge in [-0.15, -0.1) is 11.8 Å². The molecule has 2 fully saturated rings. The Labute approximate surface area is 261 Å². The van der Waals surface area contributed by atoms with Crippen molar-refractivity contribution in [3.05, 3.63) is 42.1 Å². The number of aliphatic hydroxyl groups is 1. The summed E-state index contributed by atoms with van der Waals surface area (Å²) in [7, 11) is 0. The van der Waals surface area contributed by atoms with E-state index in [4.69, 9.17) is 5.11 Å². The number of rotatable bonds is 13. The molecule has 1 aromatic carbocycles. The molecule has 0 aromatic heterocycles. The SMILES string of the molecule is CC/C=C\N=C(CC(F)(F)F)C(=O)N1CCCC(C(=O)N2CCC(O)(c3ccccc3SCCCC(=O)O)CC2)C1CCC. The first-order chi connectivity index (χ1) is 20.9. The van der Waals surface area contributed by atoms with Gasteiger partial charge in [-0.25, -0.2) is 0 Å². The lowest BCUT2D eigenvalue weighted by molar-refractivity contribution is -0.147. The Morgan fingerprint density at radius 3 is 2.48 bits per heavy atom. The molecule has 2 unspecified atom stereocenters. The number of carboxylic acids is 1. The molecule has 8 nitrogen and oxygen atoms in total. The third kappa shape index (κ3) is 9.82. The molecule has 12 heteroatoms. The molecule has 3 rings (SSSR count). The van der Waals surface area contributed by atoms with Crippen LogP contribution in [0.3, 0.4) is 0 Å². The van der Waals surface area contributed by atoms with Gasteiger partial charge in [0.2, 0.25) is 5.91 Å². The number of thioether (sulfide) groups is 1. The highest BCUT2D eigenvalue weighted by molar-refractivity contribution is 7.99. The maximum atomic E-state index is 13.9. The minimum atomic E-state index is -4.60. The molecular formula is C32H44F3N3O5S. The first-order valence-electron chi connectivity index (χ1n) is 15.4. The van der Waals surface area contributed by atoms with Crippen LogP contribution < -0.4 is 0 Å². The number of carboxylic acid groups (broad SMARTS) is 1. The zero-order chi connectivity index (χ0) is 32.3. The highest BCUT2D eigenvalue weighted by atomic mass is 32.2. The lowest BCUT2D eigenvalue weighted by Gasteiger charge is -2.45. The van der Waals surface area contributed by atoms with Crippen LogP contribution in [0.4, 0.5) is 13.2 Å². The van der Waals surface area contributed by atoms with Crippen molar-refractivity contribution in [2.24, 2.45) is 10.9 Å². The maximum Gasteiger partial charge on any atom is 0.394 e. The summed E-state index contributed by atoms with van der Waals surface area (Å²) in [5, 5.41) is 20.6. The van der Waals surface area contributed by atoms with Crippen molar-refractivity contribution in [1.82, 2.24) is 9.80 Å². The molecule has 2 heterocycles. The fourth-order valence-corrected chi connectivity index (χ4v) is 7.11. The van der Waals surface area contributed by atoms with Crippen molar-refractivity contribution in [2.75, 3.05) is 25.4 Å². The Hall–Kier alpha value is -2.86. The molecule has 0 saturated carbocycles. The number of likely N-dealkylation sites (tertiary alicyclic amines) is 2. The molecule has 0 spiro atoms. The number of benzene rings is 1. The van der Waals surface area contributed by atoms with Crippen molar-refractivity contribution in [3.8, 4) is 0 Å². The van der Waals surface area contributed by atoms with Crippen LogP contribution in [-0.2, 0) is 20.0 Å². The van der Waals surface area contributed by atoms with Gasteiger partial charge in [-0.1, -0.05) is 44.5 Å². The van der Waals surface area contributed by atoms with Gasteiger partial charge in [-0.2, -0.15) is 13.2 Å². The average Bonchev–Trinajstić information content (AvgIpc) is 2.98. The number of aliphatic carboxylic acids is 1. The monoisotopic (exact) mass is 639 g/mol. The van der Waals surface area contributed by atoms with E-state index in [9.17, 15) is 32.7 Å². The third-order valence-electron chi connectivity index (χ3n) is 8.21. The number of halogens is 3. The van der Waals surface area contributed by atoms with Gasteiger partial charge in [0.15, 0.2) is 0 Å². The Morgan fingerprint density at radius 1 is 1.14 bits per heavy atom. The summed E-state index contributed by atoms with van der Waals surface area (Å²) in [6.45, 7) is 4.62. The molecule has 2 aliphatic rings. The van der Waals surface area contributed by atoms with Crippen LogP contribution in [0.15, 0.2) is 46.4 Å². The van der Waals surface area contributed by atoms with Gasteiger partial charge >= 0.3 is 12.1 Å². The second kappa shape index (κ2) is 16.5. The van der Waals surface area contributed by atoms with E-state index in [-0.39, 0.29) is 18.9 Å². The smallest absolute Gasteiger partial charge is 0.394 e. The van der Waals surface area contributed by atoms with Crippen LogP contribution in [0.2, 0.25) is 0 Å². The Bertz CT molecular complexity index is 1200. The largest absolute Gasteiger partial charge is 0.481 e. The normalized spacial score (nSPS) is 21.1. The molecule has 2 N–H and O–H groups in total. The van der Waals surface area contributed by atoms with Crippen LogP contribution in [-0.4, -0.2) is 81.1 Å². The Morgan fingerprint density at radius 2 is 1.84 bits per heavy atom. The van der Waals surface area contributed by atoms with Crippen LogP contribution in [0.1, 0.15) is 83.6 Å². The zero-order valence-electron chi connectivity index (χ0n) is 25.5. The highest BCUT2D eigenvalue weighted by Crippen LogP contribution is 2.40. The van der Waals surface area contributed by atoms with Gasteiger partial charge in [0.25, 0.3) is 5.91 Å². The van der Waals surface area contributed by atoms with Crippen LogP contribution in [0.25, 0.3) is 0 Å². The average molecular weight is 640 g/mol. The number of carbonyl (C=O) groups excluding carboxylic acids is 2. The van der Waals surface area contributed by atoms with E-state index in [1.54, 1.807) is 11.0 Å². The van der Waals surface area contributed by atoms with Gasteiger partial charge in [0, 0.05) is 43.2 Å². The number of allylic oxidation sites excluding steroid dienone is 1. The second-order valence-electron chi connectivity index (χ2n) is 11.5. The molecule has 244 valence electrons. The molecule has 2 atom stereocenters. The molecule has 2 aliphatic heterocycles. The van der Waals surface area contributed by atoms with E-state index in [1.807, 2.05) is 38.1 Å². The number of piperidine rings is 2. The maximum absolute atomic E-state index is 13.9. The van der Waals surface area contributed by atoms with Gasteiger partial charge in [0.1, 0.15) is 5.71 Å². The fraction of sp³-hybridized carbons (Fsp3) is 0.625. The summed E-state index contributed by atoms with van der Waals surface area (Å²) >= 11 is 1.51. The van der Waals surface area contributed by atoms with Crippen molar-refractivity contribution >= 4 is 35.3 Å². The van der Waals surface area contributed by atoms with E-state index in [1.165, 1.54) is 22.9 Å². The fourth-order valence-electron chi connectivity index (χ4n) is 6.01. The lowest BCUT2D eigenvalue weighted by Crippen LogP contribution is -2.56. The van der Waals surface area contributed by atoms with E-state index in [2.05, 4.69) is 4.99 Å². The summed E-state index contributed by atoms with van der Waals surface area (Å²) < 4.78 is 40.1. The van der Waals surface area contributed by atoms with Crippen molar-refractivity contribution in [3.63, 3.8) is 0 Å². The van der Waals surface area contributed by atoms with Gasteiger partial charge in [-0.3, -0.25) is 19.4 Å². The zero-order valence-corrected chi connectivity index (χ0v) is 26.3. The first kappa shape index (κ1) is 35.6. The summed E-state index contributed by atoms with van der Waals surface area (Å²) in [5.41, 5.74) is -0.960. The molecule has 0 bridgehead atoms. The summed E-state index contributed by atoms with van der Waals surface area (Å²) in [6, 6.07) is 6.97. The number of aliphatic imine (C=N–C) groups is 1. The molecule has 44 heavy (non-hydrogen) atoms. The standard InChI is InChI=1S/C32H44F3N3O5S/c1-3-5-17-36-25(22-32(33,34)35)30(42)38-18-8-11-23(26(38)10-4-2)29(41)37-19-15-31(43,16-20-37)24-12-6-7-13-27(24)44-21-9-14-28(39)40/h5-7,12-13,17,23,26,43H,3-4,8-11,14-16,18-22H2,1-2H3,(H,39,40)/b17-5-,36-25?. The minimum Gasteiger partial charge on any atom is -0.481 e. The number of alkyl halides is 3. The number of hydrogen-bond acceptors (Lipinski definition) is 6. The van der Waals surface area contributed by atoms with Crippen LogP contribution in [0, 0.1) is 5.92 Å². The quantitative estimate of drug-likeness (QED) is 0.152. The predicted octanol–water partition coefficient (Wildman–Crippen LogP) is 6.18. The minimum absolute atomic E-state index is 0.0755. The molecule has 0 radical (unpaired) electrons. The van der Waals surface area contributed by atoms with E-state index in [0.29, 0.717) is 70.2 Å². The lowest BCUT2D eigenvalue weighted by atomic mass is 9.82. The number of amides is 2. The number of carbonyl (C=O) groups is 3.